The van der Waals surface area contributed by atoms with Crippen LogP contribution in [0.25, 0.3) is 0 Å². The molecule has 0 radical (unpaired) electrons. The van der Waals surface area contributed by atoms with Crippen molar-refractivity contribution in [1.82, 2.24) is 4.90 Å². The maximum atomic E-state index is 3.40. The Kier molecular flexibility index (Phi) is 3.17. The molecule has 0 atom stereocenters. The predicted molar refractivity (Wildman–Crippen MR) is 79.4 cm³/mol. The molecule has 3 rings (SSSR count). The molecule has 1 heterocycles. The first-order valence-corrected chi connectivity index (χ1v) is 7.02. The summed E-state index contributed by atoms with van der Waals surface area (Å²) in [4.78, 5) is 2.47. The van der Waals surface area contributed by atoms with Crippen LogP contribution >= 0.6 is 0 Å². The number of hydrogen-bond acceptors (Lipinski definition) is 1. The summed E-state index contributed by atoms with van der Waals surface area (Å²) in [6.45, 7) is 5.46. The Hall–Kier alpha value is -1.94. The lowest BCUT2D eigenvalue weighted by atomic mass is 9.97. The number of rotatable bonds is 1. The van der Waals surface area contributed by atoms with Crippen molar-refractivity contribution in [2.24, 2.45) is 0 Å². The van der Waals surface area contributed by atoms with E-state index in [9.17, 15) is 0 Å². The Balaban J connectivity index is 2.14. The number of fused-ring (bicyclic) bond motifs is 1. The smallest absolute Gasteiger partial charge is 0.0486 e. The van der Waals surface area contributed by atoms with Gasteiger partial charge in [0.1, 0.15) is 0 Å². The summed E-state index contributed by atoms with van der Waals surface area (Å²) in [7, 11) is 0. The molecule has 19 heavy (non-hydrogen) atoms. The molecule has 96 valence electrons. The normalized spacial score (nSPS) is 17.3. The van der Waals surface area contributed by atoms with Gasteiger partial charge in [0.2, 0.25) is 0 Å². The highest BCUT2D eigenvalue weighted by atomic mass is 15.2. The highest BCUT2D eigenvalue weighted by molar-refractivity contribution is 5.50. The minimum Gasteiger partial charge on any atom is -0.364 e. The molecular weight excluding hydrogens is 230 g/mol. The molecule has 0 amide bonds. The lowest BCUT2D eigenvalue weighted by Gasteiger charge is -2.33. The van der Waals surface area contributed by atoms with E-state index in [1.807, 2.05) is 0 Å². The van der Waals surface area contributed by atoms with Gasteiger partial charge < -0.3 is 4.90 Å². The summed E-state index contributed by atoms with van der Waals surface area (Å²) in [6, 6.07) is 8.99. The molecule has 1 nitrogen and oxygen atoms in total. The van der Waals surface area contributed by atoms with Crippen molar-refractivity contribution in [2.45, 2.75) is 39.3 Å². The molecule has 0 aromatic heterocycles. The average molecular weight is 249 g/mol. The van der Waals surface area contributed by atoms with Crippen LogP contribution in [0.5, 0.6) is 0 Å². The van der Waals surface area contributed by atoms with E-state index in [2.05, 4.69) is 67.0 Å². The van der Waals surface area contributed by atoms with Gasteiger partial charge in [0.05, 0.1) is 0 Å². The van der Waals surface area contributed by atoms with Crippen LogP contribution in [-0.4, -0.2) is 10.9 Å². The van der Waals surface area contributed by atoms with Gasteiger partial charge in [-0.25, -0.2) is 0 Å². The van der Waals surface area contributed by atoms with E-state index in [1.165, 1.54) is 22.4 Å². The van der Waals surface area contributed by atoms with Crippen molar-refractivity contribution < 1.29 is 0 Å². The first-order chi connectivity index (χ1) is 9.25. The maximum Gasteiger partial charge on any atom is 0.0486 e. The third kappa shape index (κ3) is 2.31. The van der Waals surface area contributed by atoms with Gasteiger partial charge in [-0.1, -0.05) is 36.1 Å². The number of allylic oxidation sites excluding steroid dienone is 3. The second kappa shape index (κ2) is 4.97. The zero-order chi connectivity index (χ0) is 13.2. The summed E-state index contributed by atoms with van der Waals surface area (Å²) < 4.78 is 0. The zero-order valence-electron chi connectivity index (χ0n) is 11.6. The van der Waals surface area contributed by atoms with E-state index in [4.69, 9.17) is 0 Å². The van der Waals surface area contributed by atoms with Crippen molar-refractivity contribution in [1.29, 1.82) is 0 Å². The molecule has 1 aromatic rings. The van der Waals surface area contributed by atoms with Gasteiger partial charge in [-0.2, -0.15) is 0 Å². The minimum absolute atomic E-state index is 0.487. The number of benzene rings is 1. The number of hydrogen-bond donors (Lipinski definition) is 0. The summed E-state index contributed by atoms with van der Waals surface area (Å²) in [5.74, 6) is 6.76. The SMILES string of the molecule is CC(C)N1Cc2ccccc2C#CC2=C1C=CCC2. The molecule has 1 aliphatic heterocycles. The zero-order valence-corrected chi connectivity index (χ0v) is 11.6. The fourth-order valence-electron chi connectivity index (χ4n) is 2.70. The summed E-state index contributed by atoms with van der Waals surface area (Å²) in [5.41, 5.74) is 5.12. The first kappa shape index (κ1) is 12.1. The van der Waals surface area contributed by atoms with E-state index in [-0.39, 0.29) is 0 Å². The molecule has 0 fully saturated rings. The predicted octanol–water partition coefficient (Wildman–Crippen LogP) is 3.87. The topological polar surface area (TPSA) is 3.24 Å². The monoisotopic (exact) mass is 249 g/mol. The van der Waals surface area contributed by atoms with Gasteiger partial charge in [-0.05, 0) is 44.4 Å². The fraction of sp³-hybridized carbons (Fsp3) is 0.333. The van der Waals surface area contributed by atoms with Crippen molar-refractivity contribution >= 4 is 0 Å². The Morgan fingerprint density at radius 2 is 2.00 bits per heavy atom. The van der Waals surface area contributed by atoms with Crippen LogP contribution in [0.3, 0.4) is 0 Å². The van der Waals surface area contributed by atoms with Crippen LogP contribution in [0.15, 0.2) is 47.7 Å². The van der Waals surface area contributed by atoms with Crippen molar-refractivity contribution in [3.8, 4) is 11.8 Å². The van der Waals surface area contributed by atoms with Crippen molar-refractivity contribution in [2.75, 3.05) is 0 Å². The van der Waals surface area contributed by atoms with Crippen LogP contribution in [0.1, 0.15) is 37.8 Å². The maximum absolute atomic E-state index is 3.40. The van der Waals surface area contributed by atoms with Crippen LogP contribution in [-0.2, 0) is 6.54 Å². The highest BCUT2D eigenvalue weighted by Gasteiger charge is 2.19. The number of nitrogens with zero attached hydrogens (tertiary/aromatic N) is 1. The van der Waals surface area contributed by atoms with E-state index < -0.39 is 0 Å². The van der Waals surface area contributed by atoms with Gasteiger partial charge in [-0.15, -0.1) is 0 Å². The summed E-state index contributed by atoms with van der Waals surface area (Å²) >= 11 is 0. The first-order valence-electron chi connectivity index (χ1n) is 7.02. The van der Waals surface area contributed by atoms with Gasteiger partial charge in [-0.3, -0.25) is 0 Å². The van der Waals surface area contributed by atoms with E-state index in [0.29, 0.717) is 6.04 Å². The quantitative estimate of drug-likeness (QED) is 0.683. The Morgan fingerprint density at radius 1 is 1.16 bits per heavy atom. The van der Waals surface area contributed by atoms with Gasteiger partial charge in [0.15, 0.2) is 0 Å². The van der Waals surface area contributed by atoms with Crippen molar-refractivity contribution in [3.63, 3.8) is 0 Å². The molecule has 1 aliphatic carbocycles. The molecule has 1 heteroatoms. The minimum atomic E-state index is 0.487. The Labute approximate surface area is 115 Å². The molecular formula is C18H19N. The van der Waals surface area contributed by atoms with E-state index in [1.54, 1.807) is 0 Å². The van der Waals surface area contributed by atoms with Gasteiger partial charge >= 0.3 is 0 Å². The third-order valence-corrected chi connectivity index (χ3v) is 3.78. The van der Waals surface area contributed by atoms with E-state index in [0.717, 1.165) is 19.4 Å². The lowest BCUT2D eigenvalue weighted by Crippen LogP contribution is -2.31. The van der Waals surface area contributed by atoms with Crippen LogP contribution in [0, 0.1) is 11.8 Å². The van der Waals surface area contributed by atoms with E-state index >= 15 is 0 Å². The molecule has 0 unspecified atom stereocenters. The second-order valence-corrected chi connectivity index (χ2v) is 5.43. The largest absolute Gasteiger partial charge is 0.364 e. The van der Waals surface area contributed by atoms with Gasteiger partial charge in [0.25, 0.3) is 0 Å². The highest BCUT2D eigenvalue weighted by Crippen LogP contribution is 2.27. The van der Waals surface area contributed by atoms with Crippen LogP contribution in [0.4, 0.5) is 0 Å². The standard InChI is InChI=1S/C18H19N/c1-14(2)19-13-17-9-4-3-7-15(17)11-12-16-8-5-6-10-18(16)19/h3-4,6-7,9-10,14H,5,8,13H2,1-2H3. The molecule has 1 aromatic carbocycles. The summed E-state index contributed by atoms with van der Waals surface area (Å²) in [6.07, 6.45) is 6.70. The molecule has 0 spiro atoms. The summed E-state index contributed by atoms with van der Waals surface area (Å²) in [5, 5.41) is 0. The van der Waals surface area contributed by atoms with Crippen molar-refractivity contribution in [3.05, 3.63) is 58.8 Å². The molecule has 0 saturated heterocycles. The second-order valence-electron chi connectivity index (χ2n) is 5.43. The van der Waals surface area contributed by atoms with Gasteiger partial charge in [0, 0.05) is 29.4 Å². The lowest BCUT2D eigenvalue weighted by molar-refractivity contribution is 0.280. The molecule has 0 saturated carbocycles. The average Bonchev–Trinajstić information content (AvgIpc) is 2.41. The Bertz CT molecular complexity index is 608. The molecule has 2 aliphatic rings. The van der Waals surface area contributed by atoms with Crippen LogP contribution in [0.2, 0.25) is 0 Å². The third-order valence-electron chi connectivity index (χ3n) is 3.78. The fourth-order valence-corrected chi connectivity index (χ4v) is 2.70. The molecule has 0 bridgehead atoms. The molecule has 0 N–H and O–H groups in total. The Morgan fingerprint density at radius 3 is 2.84 bits per heavy atom. The van der Waals surface area contributed by atoms with Crippen LogP contribution < -0.4 is 0 Å².